The molecule has 2 rings (SSSR count). The van der Waals surface area contributed by atoms with E-state index in [-0.39, 0.29) is 24.2 Å². The van der Waals surface area contributed by atoms with Gasteiger partial charge in [-0.25, -0.2) is 0 Å². The zero-order valence-corrected chi connectivity index (χ0v) is 12.8. The number of hydrogen-bond donors (Lipinski definition) is 2. The monoisotopic (exact) mass is 274 g/mol. The maximum absolute atomic E-state index is 12.0. The molecule has 0 aromatic heterocycles. The van der Waals surface area contributed by atoms with Gasteiger partial charge in [0.25, 0.3) is 0 Å². The largest absolute Gasteiger partial charge is 0.353 e. The molecule has 106 valence electrons. The van der Waals surface area contributed by atoms with E-state index in [4.69, 9.17) is 0 Å². The highest BCUT2D eigenvalue weighted by atomic mass is 35.5. The van der Waals surface area contributed by atoms with Gasteiger partial charge >= 0.3 is 0 Å². The summed E-state index contributed by atoms with van der Waals surface area (Å²) in [5, 5.41) is 6.40. The first-order valence-corrected chi connectivity index (χ1v) is 6.79. The van der Waals surface area contributed by atoms with Crippen molar-refractivity contribution in [1.82, 2.24) is 10.6 Å². The van der Waals surface area contributed by atoms with Crippen molar-refractivity contribution in [2.75, 3.05) is 13.1 Å². The number of carbonyl (C=O) groups is 1. The molecule has 1 aliphatic heterocycles. The van der Waals surface area contributed by atoms with Crippen LogP contribution in [-0.2, 0) is 4.79 Å². The molecule has 2 aliphatic rings. The highest BCUT2D eigenvalue weighted by Crippen LogP contribution is 2.45. The van der Waals surface area contributed by atoms with E-state index in [1.165, 1.54) is 6.42 Å². The topological polar surface area (TPSA) is 41.1 Å². The van der Waals surface area contributed by atoms with Gasteiger partial charge in [0.2, 0.25) is 5.91 Å². The zero-order valence-electron chi connectivity index (χ0n) is 12.0. The second kappa shape index (κ2) is 5.38. The Kier molecular flexibility index (Phi) is 4.71. The maximum Gasteiger partial charge on any atom is 0.225 e. The van der Waals surface area contributed by atoms with Crippen molar-refractivity contribution in [2.45, 2.75) is 53.0 Å². The standard InChI is InChI=1S/C14H26N2O.ClH/c1-13(2)5-11(6-14(3,4)9-13)16-12(17)10-7-15-8-10;/h10-11,15H,5-9H2,1-4H3,(H,16,17);1H. The van der Waals surface area contributed by atoms with Crippen molar-refractivity contribution >= 4 is 18.3 Å². The van der Waals surface area contributed by atoms with E-state index in [9.17, 15) is 4.79 Å². The van der Waals surface area contributed by atoms with Gasteiger partial charge in [0.15, 0.2) is 0 Å². The molecule has 0 aromatic rings. The predicted molar refractivity (Wildman–Crippen MR) is 77.0 cm³/mol. The molecule has 2 N–H and O–H groups in total. The van der Waals surface area contributed by atoms with E-state index in [0.717, 1.165) is 25.9 Å². The van der Waals surface area contributed by atoms with E-state index in [1.54, 1.807) is 0 Å². The number of rotatable bonds is 2. The molecule has 1 amide bonds. The first-order chi connectivity index (χ1) is 7.77. The van der Waals surface area contributed by atoms with Gasteiger partial charge < -0.3 is 10.6 Å². The molecule has 0 bridgehead atoms. The fourth-order valence-corrected chi connectivity index (χ4v) is 3.74. The summed E-state index contributed by atoms with van der Waals surface area (Å²) in [4.78, 5) is 12.0. The Morgan fingerprint density at radius 2 is 1.61 bits per heavy atom. The lowest BCUT2D eigenvalue weighted by Crippen LogP contribution is -2.54. The van der Waals surface area contributed by atoms with Crippen LogP contribution >= 0.6 is 12.4 Å². The smallest absolute Gasteiger partial charge is 0.225 e. The normalized spacial score (nSPS) is 26.9. The minimum Gasteiger partial charge on any atom is -0.353 e. The van der Waals surface area contributed by atoms with E-state index in [1.807, 2.05) is 0 Å². The third kappa shape index (κ3) is 3.86. The number of hydrogen-bond acceptors (Lipinski definition) is 2. The lowest BCUT2D eigenvalue weighted by Gasteiger charge is -2.45. The molecule has 0 aromatic carbocycles. The Bertz CT molecular complexity index is 295. The summed E-state index contributed by atoms with van der Waals surface area (Å²) in [6, 6.07) is 0.363. The molecule has 1 heterocycles. The Morgan fingerprint density at radius 1 is 1.11 bits per heavy atom. The predicted octanol–water partition coefficient (Wildman–Crippen LogP) is 2.35. The molecule has 0 atom stereocenters. The number of halogens is 1. The second-order valence-corrected chi connectivity index (χ2v) is 7.47. The lowest BCUT2D eigenvalue weighted by atomic mass is 9.63. The van der Waals surface area contributed by atoms with Crippen LogP contribution in [0.5, 0.6) is 0 Å². The van der Waals surface area contributed by atoms with Gasteiger partial charge in [0, 0.05) is 19.1 Å². The van der Waals surface area contributed by atoms with E-state index in [0.29, 0.717) is 16.9 Å². The third-order valence-electron chi connectivity index (χ3n) is 4.05. The molecule has 2 fully saturated rings. The van der Waals surface area contributed by atoms with Crippen LogP contribution in [0.4, 0.5) is 0 Å². The van der Waals surface area contributed by atoms with Gasteiger partial charge in [-0.2, -0.15) is 0 Å². The van der Waals surface area contributed by atoms with Crippen LogP contribution in [-0.4, -0.2) is 25.0 Å². The first-order valence-electron chi connectivity index (χ1n) is 6.79. The van der Waals surface area contributed by atoms with Crippen LogP contribution in [0.15, 0.2) is 0 Å². The molecule has 0 spiro atoms. The highest BCUT2D eigenvalue weighted by molar-refractivity contribution is 5.85. The van der Waals surface area contributed by atoms with Crippen LogP contribution in [0.25, 0.3) is 0 Å². The lowest BCUT2D eigenvalue weighted by molar-refractivity contribution is -0.128. The number of carbonyl (C=O) groups excluding carboxylic acids is 1. The van der Waals surface area contributed by atoms with Crippen LogP contribution < -0.4 is 10.6 Å². The number of nitrogens with one attached hydrogen (secondary N) is 2. The van der Waals surface area contributed by atoms with Crippen LogP contribution in [0.2, 0.25) is 0 Å². The average Bonchev–Trinajstić information content (AvgIpc) is 1.91. The SMILES string of the molecule is CC1(C)CC(NC(=O)C2CNC2)CC(C)(C)C1.Cl. The molecule has 1 saturated carbocycles. The zero-order chi connectivity index (χ0) is 12.7. The summed E-state index contributed by atoms with van der Waals surface area (Å²) in [6.45, 7) is 11.0. The molecule has 3 nitrogen and oxygen atoms in total. The fourth-order valence-electron chi connectivity index (χ4n) is 3.74. The third-order valence-corrected chi connectivity index (χ3v) is 4.05. The second-order valence-electron chi connectivity index (χ2n) is 7.47. The maximum atomic E-state index is 12.0. The summed E-state index contributed by atoms with van der Waals surface area (Å²) < 4.78 is 0. The van der Waals surface area contributed by atoms with Gasteiger partial charge in [-0.15, -0.1) is 12.4 Å². The van der Waals surface area contributed by atoms with Crippen LogP contribution in [0, 0.1) is 16.7 Å². The molecular formula is C14H27ClN2O. The minimum absolute atomic E-state index is 0. The first kappa shape index (κ1) is 15.8. The molecule has 0 unspecified atom stereocenters. The van der Waals surface area contributed by atoms with Gasteiger partial charge in [-0.05, 0) is 30.1 Å². The Balaban J connectivity index is 0.00000162. The van der Waals surface area contributed by atoms with Crippen LogP contribution in [0.3, 0.4) is 0 Å². The molecule has 4 heteroatoms. The summed E-state index contributed by atoms with van der Waals surface area (Å²) in [5.41, 5.74) is 0.690. The molecular weight excluding hydrogens is 248 g/mol. The quantitative estimate of drug-likeness (QED) is 0.812. The van der Waals surface area contributed by atoms with Gasteiger partial charge in [0.05, 0.1) is 5.92 Å². The van der Waals surface area contributed by atoms with Gasteiger partial charge in [0.1, 0.15) is 0 Å². The average molecular weight is 275 g/mol. The summed E-state index contributed by atoms with van der Waals surface area (Å²) in [5.74, 6) is 0.463. The van der Waals surface area contributed by atoms with Crippen molar-refractivity contribution < 1.29 is 4.79 Å². The fraction of sp³-hybridized carbons (Fsp3) is 0.929. The van der Waals surface area contributed by atoms with Gasteiger partial charge in [-0.3, -0.25) is 4.79 Å². The minimum atomic E-state index is 0. The summed E-state index contributed by atoms with van der Waals surface area (Å²) in [7, 11) is 0. The summed E-state index contributed by atoms with van der Waals surface area (Å²) >= 11 is 0. The van der Waals surface area contributed by atoms with E-state index < -0.39 is 0 Å². The molecule has 1 saturated heterocycles. The Hall–Kier alpha value is -0.280. The van der Waals surface area contributed by atoms with Crippen molar-refractivity contribution in [3.63, 3.8) is 0 Å². The molecule has 18 heavy (non-hydrogen) atoms. The van der Waals surface area contributed by atoms with Crippen molar-refractivity contribution in [1.29, 1.82) is 0 Å². The van der Waals surface area contributed by atoms with Crippen molar-refractivity contribution in [2.24, 2.45) is 16.7 Å². The van der Waals surface area contributed by atoms with Gasteiger partial charge in [-0.1, -0.05) is 27.7 Å². The highest BCUT2D eigenvalue weighted by Gasteiger charge is 2.39. The van der Waals surface area contributed by atoms with E-state index >= 15 is 0 Å². The van der Waals surface area contributed by atoms with Crippen LogP contribution in [0.1, 0.15) is 47.0 Å². The van der Waals surface area contributed by atoms with Crippen molar-refractivity contribution in [3.8, 4) is 0 Å². The Morgan fingerprint density at radius 3 is 2.00 bits per heavy atom. The van der Waals surface area contributed by atoms with E-state index in [2.05, 4.69) is 38.3 Å². The molecule has 0 radical (unpaired) electrons. The Labute approximate surface area is 117 Å². The summed E-state index contributed by atoms with van der Waals surface area (Å²) in [6.07, 6.45) is 3.47. The molecule has 1 aliphatic carbocycles. The van der Waals surface area contributed by atoms with Crippen molar-refractivity contribution in [3.05, 3.63) is 0 Å². The number of amides is 1.